The van der Waals surface area contributed by atoms with Crippen LogP contribution in [0.15, 0.2) is 243 Å². The van der Waals surface area contributed by atoms with E-state index >= 15 is 0 Å². The first kappa shape index (κ1) is 36.6. The Morgan fingerprint density at radius 1 is 0.182 bits per heavy atom. The minimum Gasteiger partial charge on any atom is -0.310 e. The summed E-state index contributed by atoms with van der Waals surface area (Å²) in [6, 6.07) is 89.3. The third kappa shape index (κ3) is 5.58. The minimum atomic E-state index is 1.10. The summed E-state index contributed by atoms with van der Waals surface area (Å²) in [4.78, 5) is 0. The minimum absolute atomic E-state index is 1.10. The van der Waals surface area contributed by atoms with E-state index in [9.17, 15) is 0 Å². The van der Waals surface area contributed by atoms with Crippen molar-refractivity contribution in [2.24, 2.45) is 0 Å². The molecule has 0 amide bonds. The van der Waals surface area contributed by atoms with Gasteiger partial charge in [-0.25, -0.2) is 0 Å². The Kier molecular flexibility index (Phi) is 7.95. The second kappa shape index (κ2) is 14.3. The molecule has 3 aromatic heterocycles. The van der Waals surface area contributed by atoms with Crippen molar-refractivity contribution in [2.75, 3.05) is 0 Å². The van der Waals surface area contributed by atoms with E-state index < -0.39 is 0 Å². The number of hydrogen-bond donors (Lipinski definition) is 0. The van der Waals surface area contributed by atoms with Gasteiger partial charge in [-0.15, -0.1) is 0 Å². The fourth-order valence-corrected chi connectivity index (χ4v) is 10.8. The Labute approximate surface area is 380 Å². The number of para-hydroxylation sites is 4. The first-order valence-corrected chi connectivity index (χ1v) is 22.7. The molecule has 0 fully saturated rings. The molecule has 3 heterocycles. The second-order valence-corrected chi connectivity index (χ2v) is 17.4. The van der Waals surface area contributed by atoms with Crippen molar-refractivity contribution in [3.63, 3.8) is 0 Å². The van der Waals surface area contributed by atoms with Crippen molar-refractivity contribution in [1.82, 2.24) is 18.3 Å². The summed E-state index contributed by atoms with van der Waals surface area (Å²) in [6.45, 7) is 0. The third-order valence-electron chi connectivity index (χ3n) is 13.7. The highest BCUT2D eigenvalue weighted by Crippen LogP contribution is 2.38. The molecule has 14 rings (SSSR count). The van der Waals surface area contributed by atoms with Gasteiger partial charge in [0.05, 0.1) is 22.1 Å². The number of aromatic nitrogens is 4. The molecule has 0 saturated carbocycles. The van der Waals surface area contributed by atoms with Gasteiger partial charge in [0.2, 0.25) is 0 Å². The normalized spacial score (nSPS) is 11.9. The number of nitrogens with zero attached hydrogens (tertiary/aromatic N) is 4. The zero-order chi connectivity index (χ0) is 43.3. The van der Waals surface area contributed by atoms with E-state index in [-0.39, 0.29) is 0 Å². The van der Waals surface area contributed by atoms with Gasteiger partial charge in [-0.3, -0.25) is 0 Å². The van der Waals surface area contributed by atoms with E-state index in [1.54, 1.807) is 0 Å². The van der Waals surface area contributed by atoms with Crippen LogP contribution in [0, 0.1) is 0 Å². The van der Waals surface area contributed by atoms with Gasteiger partial charge >= 0.3 is 0 Å². The zero-order valence-electron chi connectivity index (χ0n) is 35.9. The lowest BCUT2D eigenvalue weighted by atomic mass is 10.0. The molecule has 0 aliphatic heterocycles. The highest BCUT2D eigenvalue weighted by molar-refractivity contribution is 6.13. The Morgan fingerprint density at radius 2 is 0.576 bits per heavy atom. The quantitative estimate of drug-likeness (QED) is 0.157. The predicted octanol–water partition coefficient (Wildman–Crippen LogP) is 16.4. The molecule has 4 heteroatoms. The molecule has 0 atom stereocenters. The van der Waals surface area contributed by atoms with Gasteiger partial charge in [0.25, 0.3) is 0 Å². The van der Waals surface area contributed by atoms with Gasteiger partial charge in [0.1, 0.15) is 0 Å². The molecule has 11 aromatic carbocycles. The van der Waals surface area contributed by atoms with Crippen LogP contribution in [0.2, 0.25) is 0 Å². The van der Waals surface area contributed by atoms with Crippen LogP contribution in [0.4, 0.5) is 0 Å². The smallest absolute Gasteiger partial charge is 0.0542 e. The van der Waals surface area contributed by atoms with E-state index in [4.69, 9.17) is 0 Å². The molecule has 14 aromatic rings. The number of rotatable bonds is 4. The van der Waals surface area contributed by atoms with E-state index in [1.165, 1.54) is 65.2 Å². The maximum Gasteiger partial charge on any atom is 0.0542 e. The Balaban J connectivity index is 1.07. The standard InChI is InChI=1S/C62H40N4/c1-3-15-45(16-4-1)65-59-23-9-7-21-53(59)57-39-51(31-33-61(57)65)63-47-19-11-13-43(35-47)44-14-12-20-48(36-44)64(50-30-28-42-26-25-41-27-29-49(63)37-55(41)56(42)38-50)52-32-34-62-58(40-52)54-22-8-10-24-60(54)66(62)46-17-5-2-6-18-46/h1-40H. The molecule has 0 aliphatic rings. The summed E-state index contributed by atoms with van der Waals surface area (Å²) >= 11 is 0. The summed E-state index contributed by atoms with van der Waals surface area (Å²) in [5, 5.41) is 12.0. The van der Waals surface area contributed by atoms with Gasteiger partial charge in [-0.05, 0) is 154 Å². The molecule has 8 bridgehead atoms. The second-order valence-electron chi connectivity index (χ2n) is 17.4. The van der Waals surface area contributed by atoms with Crippen molar-refractivity contribution < 1.29 is 0 Å². The molecule has 0 aliphatic carbocycles. The summed E-state index contributed by atoms with van der Waals surface area (Å²) in [6.07, 6.45) is 0. The monoisotopic (exact) mass is 840 g/mol. The first-order valence-electron chi connectivity index (χ1n) is 22.7. The molecular formula is C62H40N4. The Hall–Kier alpha value is -8.86. The molecule has 0 N–H and O–H groups in total. The van der Waals surface area contributed by atoms with E-state index in [1.807, 2.05) is 0 Å². The molecule has 0 saturated heterocycles. The Morgan fingerprint density at radius 3 is 1.05 bits per heavy atom. The molecule has 0 radical (unpaired) electrons. The van der Waals surface area contributed by atoms with E-state index in [0.717, 1.165) is 55.6 Å². The van der Waals surface area contributed by atoms with Gasteiger partial charge in [0, 0.05) is 66.4 Å². The van der Waals surface area contributed by atoms with Crippen LogP contribution >= 0.6 is 0 Å². The largest absolute Gasteiger partial charge is 0.310 e. The molecule has 0 unspecified atom stereocenters. The maximum atomic E-state index is 2.43. The fraction of sp³-hybridized carbons (Fsp3) is 0. The van der Waals surface area contributed by atoms with Crippen LogP contribution < -0.4 is 0 Å². The lowest BCUT2D eigenvalue weighted by Crippen LogP contribution is -1.99. The zero-order valence-corrected chi connectivity index (χ0v) is 35.9. The summed E-state index contributed by atoms with van der Waals surface area (Å²) < 4.78 is 9.63. The lowest BCUT2D eigenvalue weighted by molar-refractivity contribution is 1.15. The highest BCUT2D eigenvalue weighted by atomic mass is 15.0. The number of fused-ring (bicyclic) bond motifs is 13. The van der Waals surface area contributed by atoms with Gasteiger partial charge in [-0.1, -0.05) is 121 Å². The number of hydrogen-bond acceptors (Lipinski definition) is 0. The highest BCUT2D eigenvalue weighted by Gasteiger charge is 2.16. The van der Waals surface area contributed by atoms with Crippen LogP contribution in [0.5, 0.6) is 0 Å². The van der Waals surface area contributed by atoms with Crippen molar-refractivity contribution in [3.05, 3.63) is 243 Å². The molecular weight excluding hydrogens is 801 g/mol. The average Bonchev–Trinajstić information content (AvgIpc) is 3.89. The maximum absolute atomic E-state index is 2.43. The van der Waals surface area contributed by atoms with Gasteiger partial charge in [-0.2, -0.15) is 0 Å². The van der Waals surface area contributed by atoms with Crippen molar-refractivity contribution in [2.45, 2.75) is 0 Å². The summed E-state index contributed by atoms with van der Waals surface area (Å²) in [7, 11) is 0. The third-order valence-corrected chi connectivity index (χ3v) is 13.7. The first-order chi connectivity index (χ1) is 32.7. The SMILES string of the molecule is c1ccc(-n2c3ccccc3c3cc(-n4c5cccc(c5)c5cccc(c5)n(-c5ccc6c(c5)c5ccccc5n6-c5ccccc5)c5ccc6ccc7ccc4cc7c6c5)ccc32)cc1. The molecule has 308 valence electrons. The fourth-order valence-electron chi connectivity index (χ4n) is 10.8. The summed E-state index contributed by atoms with van der Waals surface area (Å²) in [5.74, 6) is 0. The van der Waals surface area contributed by atoms with Gasteiger partial charge < -0.3 is 18.3 Å². The predicted molar refractivity (Wildman–Crippen MR) is 279 cm³/mol. The van der Waals surface area contributed by atoms with Crippen molar-refractivity contribution >= 4 is 98.0 Å². The van der Waals surface area contributed by atoms with E-state index in [2.05, 4.69) is 261 Å². The van der Waals surface area contributed by atoms with Crippen LogP contribution in [0.1, 0.15) is 0 Å². The Bertz CT molecular complexity index is 4050. The van der Waals surface area contributed by atoms with Crippen LogP contribution in [0.3, 0.4) is 0 Å². The van der Waals surface area contributed by atoms with Crippen molar-refractivity contribution in [3.8, 4) is 22.7 Å². The van der Waals surface area contributed by atoms with Crippen molar-refractivity contribution in [1.29, 1.82) is 0 Å². The lowest BCUT2D eigenvalue weighted by Gasteiger charge is -2.16. The average molecular weight is 841 g/mol. The van der Waals surface area contributed by atoms with Gasteiger partial charge in [0.15, 0.2) is 0 Å². The van der Waals surface area contributed by atoms with Crippen LogP contribution in [-0.4, -0.2) is 18.3 Å². The molecule has 0 spiro atoms. The van der Waals surface area contributed by atoms with Crippen LogP contribution in [-0.2, 0) is 0 Å². The summed E-state index contributed by atoms with van der Waals surface area (Å²) in [5.41, 5.74) is 13.7. The molecule has 66 heavy (non-hydrogen) atoms. The molecule has 4 nitrogen and oxygen atoms in total. The number of benzene rings is 11. The van der Waals surface area contributed by atoms with Crippen LogP contribution in [0.25, 0.3) is 121 Å². The topological polar surface area (TPSA) is 19.7 Å². The van der Waals surface area contributed by atoms with E-state index in [0.29, 0.717) is 0 Å².